The fourth-order valence-corrected chi connectivity index (χ4v) is 2.03. The molecule has 0 saturated heterocycles. The van der Waals surface area contributed by atoms with E-state index >= 15 is 0 Å². The normalized spacial score (nSPS) is 13.2. The molecule has 4 nitrogen and oxygen atoms in total. The molecule has 0 aliphatic heterocycles. The SMILES string of the molecule is CCCCCCCCN(CCOS)CC(O)CN. The van der Waals surface area contributed by atoms with E-state index in [9.17, 15) is 5.11 Å². The van der Waals surface area contributed by atoms with E-state index in [-0.39, 0.29) is 0 Å². The molecular formula is C13H30N2O2S. The molecule has 0 aliphatic carbocycles. The Morgan fingerprint density at radius 3 is 2.44 bits per heavy atom. The first-order chi connectivity index (χ1) is 8.74. The minimum atomic E-state index is -0.440. The van der Waals surface area contributed by atoms with Crippen LogP contribution in [0.25, 0.3) is 0 Å². The number of nitrogens with zero attached hydrogens (tertiary/aromatic N) is 1. The van der Waals surface area contributed by atoms with Crippen molar-refractivity contribution in [3.05, 3.63) is 0 Å². The van der Waals surface area contributed by atoms with Crippen molar-refractivity contribution >= 4 is 12.9 Å². The van der Waals surface area contributed by atoms with Gasteiger partial charge in [0.25, 0.3) is 0 Å². The average Bonchev–Trinajstić information content (AvgIpc) is 2.39. The maximum Gasteiger partial charge on any atom is 0.0789 e. The van der Waals surface area contributed by atoms with Gasteiger partial charge in [0.1, 0.15) is 0 Å². The lowest BCUT2D eigenvalue weighted by Gasteiger charge is -2.24. The molecule has 1 unspecified atom stereocenters. The van der Waals surface area contributed by atoms with Crippen molar-refractivity contribution in [3.8, 4) is 0 Å². The van der Waals surface area contributed by atoms with E-state index < -0.39 is 6.10 Å². The van der Waals surface area contributed by atoms with Crippen LogP contribution in [-0.4, -0.2) is 48.9 Å². The van der Waals surface area contributed by atoms with Crippen molar-refractivity contribution in [3.63, 3.8) is 0 Å². The second-order valence-electron chi connectivity index (χ2n) is 4.79. The summed E-state index contributed by atoms with van der Waals surface area (Å²) in [5, 5.41) is 9.57. The number of nitrogens with two attached hydrogens (primary N) is 1. The Labute approximate surface area is 117 Å². The Morgan fingerprint density at radius 2 is 1.83 bits per heavy atom. The number of rotatable bonds is 13. The summed E-state index contributed by atoms with van der Waals surface area (Å²) < 4.78 is 4.79. The van der Waals surface area contributed by atoms with Gasteiger partial charge in [0.2, 0.25) is 0 Å². The molecule has 0 bridgehead atoms. The molecule has 0 spiro atoms. The number of hydrogen-bond donors (Lipinski definition) is 3. The molecule has 0 aromatic rings. The van der Waals surface area contributed by atoms with Gasteiger partial charge in [-0.05, 0) is 25.9 Å². The highest BCUT2D eigenvalue weighted by molar-refractivity contribution is 7.75. The van der Waals surface area contributed by atoms with Crippen LogP contribution < -0.4 is 5.73 Å². The van der Waals surface area contributed by atoms with Crippen LogP contribution in [0, 0.1) is 0 Å². The van der Waals surface area contributed by atoms with Crippen LogP contribution in [-0.2, 0) is 4.18 Å². The first-order valence-electron chi connectivity index (χ1n) is 7.11. The monoisotopic (exact) mass is 278 g/mol. The Hall–Kier alpha value is 0.190. The molecule has 5 heteroatoms. The fourth-order valence-electron chi connectivity index (χ4n) is 1.95. The summed E-state index contributed by atoms with van der Waals surface area (Å²) in [7, 11) is 0. The predicted octanol–water partition coefficient (Wildman–Crippen LogP) is 1.83. The van der Waals surface area contributed by atoms with E-state index in [0.29, 0.717) is 19.7 Å². The first-order valence-corrected chi connectivity index (χ1v) is 7.48. The van der Waals surface area contributed by atoms with Crippen molar-refractivity contribution < 1.29 is 9.29 Å². The van der Waals surface area contributed by atoms with Crippen molar-refractivity contribution in [1.29, 1.82) is 0 Å². The number of aliphatic hydroxyl groups is 1. The zero-order chi connectivity index (χ0) is 13.6. The molecule has 3 N–H and O–H groups in total. The third-order valence-corrected chi connectivity index (χ3v) is 3.25. The number of thiol groups is 1. The Bertz CT molecular complexity index is 173. The zero-order valence-corrected chi connectivity index (χ0v) is 12.6. The minimum absolute atomic E-state index is 0.314. The average molecular weight is 278 g/mol. The standard InChI is InChI=1S/C13H30N2O2S/c1-2-3-4-5-6-7-8-15(9-10-17-18)12-13(16)11-14/h13,16,18H,2-12,14H2,1H3. The smallest absolute Gasteiger partial charge is 0.0789 e. The molecule has 0 aromatic heterocycles. The zero-order valence-electron chi connectivity index (χ0n) is 11.7. The Kier molecular flexibility index (Phi) is 13.8. The summed E-state index contributed by atoms with van der Waals surface area (Å²) in [6.45, 7) is 5.55. The largest absolute Gasteiger partial charge is 0.390 e. The molecule has 0 radical (unpaired) electrons. The molecule has 0 rings (SSSR count). The van der Waals surface area contributed by atoms with Crippen molar-refractivity contribution in [2.24, 2.45) is 5.73 Å². The van der Waals surface area contributed by atoms with Gasteiger partial charge >= 0.3 is 0 Å². The summed E-state index contributed by atoms with van der Waals surface area (Å²) in [5.41, 5.74) is 5.44. The summed E-state index contributed by atoms with van der Waals surface area (Å²) in [5.74, 6) is 0. The van der Waals surface area contributed by atoms with Gasteiger partial charge in [-0.25, -0.2) is 0 Å². The van der Waals surface area contributed by atoms with Gasteiger partial charge in [0, 0.05) is 19.6 Å². The number of hydrogen-bond acceptors (Lipinski definition) is 5. The molecule has 18 heavy (non-hydrogen) atoms. The van der Waals surface area contributed by atoms with E-state index in [1.165, 1.54) is 38.5 Å². The maximum absolute atomic E-state index is 9.57. The highest BCUT2D eigenvalue weighted by Gasteiger charge is 2.09. The Balaban J connectivity index is 3.65. The third-order valence-electron chi connectivity index (χ3n) is 3.07. The first kappa shape index (κ1) is 18.2. The van der Waals surface area contributed by atoms with E-state index in [2.05, 4.69) is 24.7 Å². The van der Waals surface area contributed by atoms with E-state index in [1.54, 1.807) is 0 Å². The molecule has 0 aromatic carbocycles. The van der Waals surface area contributed by atoms with Gasteiger partial charge in [0.05, 0.1) is 12.7 Å². The molecule has 0 saturated carbocycles. The van der Waals surface area contributed by atoms with Crippen molar-refractivity contribution in [2.45, 2.75) is 51.6 Å². The molecular weight excluding hydrogens is 248 g/mol. The van der Waals surface area contributed by atoms with Crippen LogP contribution in [0.5, 0.6) is 0 Å². The third kappa shape index (κ3) is 11.3. The van der Waals surface area contributed by atoms with Crippen LogP contribution in [0.1, 0.15) is 45.4 Å². The molecule has 0 aliphatic rings. The van der Waals surface area contributed by atoms with Crippen LogP contribution in [0.2, 0.25) is 0 Å². The van der Waals surface area contributed by atoms with Crippen LogP contribution >= 0.6 is 12.9 Å². The van der Waals surface area contributed by atoms with Gasteiger partial charge in [-0.15, -0.1) is 0 Å². The van der Waals surface area contributed by atoms with Gasteiger partial charge < -0.3 is 15.0 Å². The highest BCUT2D eigenvalue weighted by atomic mass is 32.1. The molecule has 110 valence electrons. The fraction of sp³-hybridized carbons (Fsp3) is 1.00. The topological polar surface area (TPSA) is 58.7 Å². The second kappa shape index (κ2) is 13.6. The van der Waals surface area contributed by atoms with Crippen LogP contribution in [0.3, 0.4) is 0 Å². The second-order valence-corrected chi connectivity index (χ2v) is 5.05. The maximum atomic E-state index is 9.57. The minimum Gasteiger partial charge on any atom is -0.390 e. The lowest BCUT2D eigenvalue weighted by molar-refractivity contribution is 0.109. The van der Waals surface area contributed by atoms with Gasteiger partial charge in [-0.3, -0.25) is 4.90 Å². The van der Waals surface area contributed by atoms with Crippen molar-refractivity contribution in [2.75, 3.05) is 32.8 Å². The quantitative estimate of drug-likeness (QED) is 0.273. The van der Waals surface area contributed by atoms with E-state index in [4.69, 9.17) is 9.92 Å². The van der Waals surface area contributed by atoms with Crippen molar-refractivity contribution in [1.82, 2.24) is 4.90 Å². The summed E-state index contributed by atoms with van der Waals surface area (Å²) in [6.07, 6.45) is 7.26. The van der Waals surface area contributed by atoms with Gasteiger partial charge in [0.15, 0.2) is 0 Å². The lowest BCUT2D eigenvalue weighted by Crippen LogP contribution is -2.38. The van der Waals surface area contributed by atoms with E-state index in [0.717, 1.165) is 13.1 Å². The predicted molar refractivity (Wildman–Crippen MR) is 79.8 cm³/mol. The van der Waals surface area contributed by atoms with Gasteiger partial charge in [-0.1, -0.05) is 39.0 Å². The summed E-state index contributed by atoms with van der Waals surface area (Å²) in [4.78, 5) is 2.20. The van der Waals surface area contributed by atoms with Crippen LogP contribution in [0.4, 0.5) is 0 Å². The molecule has 0 fully saturated rings. The van der Waals surface area contributed by atoms with E-state index in [1.807, 2.05) is 0 Å². The number of aliphatic hydroxyl groups excluding tert-OH is 1. The lowest BCUT2D eigenvalue weighted by atomic mass is 10.1. The summed E-state index contributed by atoms with van der Waals surface area (Å²) >= 11 is 3.74. The van der Waals surface area contributed by atoms with Crippen LogP contribution in [0.15, 0.2) is 0 Å². The molecule has 0 heterocycles. The highest BCUT2D eigenvalue weighted by Crippen LogP contribution is 2.06. The Morgan fingerprint density at radius 1 is 1.17 bits per heavy atom. The molecule has 0 amide bonds. The van der Waals surface area contributed by atoms with Gasteiger partial charge in [-0.2, -0.15) is 0 Å². The summed E-state index contributed by atoms with van der Waals surface area (Å²) in [6, 6.07) is 0. The molecule has 1 atom stereocenters. The number of unbranched alkanes of at least 4 members (excludes halogenated alkanes) is 5.